The average Bonchev–Trinajstić information content (AvgIpc) is 2.85. The van der Waals surface area contributed by atoms with E-state index in [0.29, 0.717) is 0 Å². The number of hydrogen-bond donors (Lipinski definition) is 0. The molecule has 2 aliphatic rings. The third-order valence-corrected chi connectivity index (χ3v) is 4.09. The highest BCUT2D eigenvalue weighted by atomic mass is 14.7. The lowest BCUT2D eigenvalue weighted by molar-refractivity contribution is 0.572. The lowest BCUT2D eigenvalue weighted by Gasteiger charge is -1.95. The molecule has 2 unspecified atom stereocenters. The van der Waals surface area contributed by atoms with Crippen molar-refractivity contribution in [3.05, 3.63) is 0 Å². The van der Waals surface area contributed by atoms with Crippen molar-refractivity contribution in [1.82, 2.24) is 0 Å². The van der Waals surface area contributed by atoms with E-state index in [1.807, 2.05) is 0 Å². The first-order valence-electron chi connectivity index (χ1n) is 5.31. The second-order valence-electron chi connectivity index (χ2n) is 4.62. The normalized spacial score (nSPS) is 37.6. The molecule has 0 aromatic carbocycles. The first-order valence-corrected chi connectivity index (χ1v) is 5.31. The molecule has 0 aromatic rings. The Bertz CT molecular complexity index is 144. The van der Waals surface area contributed by atoms with Crippen LogP contribution >= 0.6 is 0 Å². The largest absolute Gasteiger partial charge is 0.0654 e. The smallest absolute Gasteiger partial charge is 0.0237 e. The fourth-order valence-electron chi connectivity index (χ4n) is 2.92. The molecule has 0 heteroatoms. The van der Waals surface area contributed by atoms with Crippen molar-refractivity contribution in [1.29, 1.82) is 0 Å². The predicted molar refractivity (Wildman–Crippen MR) is 48.5 cm³/mol. The van der Waals surface area contributed by atoms with Crippen molar-refractivity contribution in [2.24, 2.45) is 17.3 Å². The number of rotatable bonds is 4. The fourth-order valence-corrected chi connectivity index (χ4v) is 2.92. The van der Waals surface area contributed by atoms with Gasteiger partial charge in [-0.2, -0.15) is 0 Å². The number of hydrogen-bond acceptors (Lipinski definition) is 0. The highest BCUT2D eigenvalue weighted by Crippen LogP contribution is 2.76. The van der Waals surface area contributed by atoms with Gasteiger partial charge in [0.15, 0.2) is 0 Å². The van der Waals surface area contributed by atoms with Gasteiger partial charge in [0, 0.05) is 0 Å². The Kier molecular flexibility index (Phi) is 1.74. The molecule has 2 rings (SSSR count). The van der Waals surface area contributed by atoms with Crippen LogP contribution in [0.25, 0.3) is 0 Å². The molecule has 2 aliphatic carbocycles. The molecule has 0 nitrogen and oxygen atoms in total. The molecule has 0 saturated heterocycles. The van der Waals surface area contributed by atoms with Gasteiger partial charge in [-0.1, -0.05) is 33.1 Å². The van der Waals surface area contributed by atoms with Crippen molar-refractivity contribution >= 4 is 0 Å². The Morgan fingerprint density at radius 1 is 1.27 bits per heavy atom. The Balaban J connectivity index is 1.66. The van der Waals surface area contributed by atoms with Crippen molar-refractivity contribution in [2.75, 3.05) is 0 Å². The van der Waals surface area contributed by atoms with E-state index in [2.05, 4.69) is 13.8 Å². The van der Waals surface area contributed by atoms with E-state index in [0.717, 1.165) is 17.3 Å². The van der Waals surface area contributed by atoms with Crippen LogP contribution in [0.5, 0.6) is 0 Å². The van der Waals surface area contributed by atoms with Crippen LogP contribution in [-0.2, 0) is 0 Å². The highest BCUT2D eigenvalue weighted by Gasteiger charge is 2.68. The second-order valence-corrected chi connectivity index (χ2v) is 4.62. The summed E-state index contributed by atoms with van der Waals surface area (Å²) in [4.78, 5) is 0. The number of unbranched alkanes of at least 4 members (excludes halogenated alkanes) is 2. The van der Waals surface area contributed by atoms with Gasteiger partial charge in [-0.3, -0.25) is 0 Å². The third-order valence-electron chi connectivity index (χ3n) is 4.09. The maximum absolute atomic E-state index is 2.46. The zero-order chi connectivity index (χ0) is 7.90. The summed E-state index contributed by atoms with van der Waals surface area (Å²) in [7, 11) is 0. The van der Waals surface area contributed by atoms with E-state index in [4.69, 9.17) is 0 Å². The van der Waals surface area contributed by atoms with Gasteiger partial charge in [0.2, 0.25) is 0 Å². The molecule has 1 spiro atoms. The molecule has 0 bridgehead atoms. The molecular weight excluding hydrogens is 132 g/mol. The van der Waals surface area contributed by atoms with Gasteiger partial charge in [-0.25, -0.2) is 0 Å². The third kappa shape index (κ3) is 1.11. The molecule has 0 heterocycles. The Morgan fingerprint density at radius 2 is 2.00 bits per heavy atom. The van der Waals surface area contributed by atoms with Crippen LogP contribution in [0.4, 0.5) is 0 Å². The molecule has 11 heavy (non-hydrogen) atoms. The van der Waals surface area contributed by atoms with E-state index < -0.39 is 0 Å². The molecule has 0 aromatic heterocycles. The summed E-state index contributed by atoms with van der Waals surface area (Å²) in [5, 5.41) is 0. The monoisotopic (exact) mass is 152 g/mol. The van der Waals surface area contributed by atoms with Crippen molar-refractivity contribution in [2.45, 2.75) is 52.4 Å². The van der Waals surface area contributed by atoms with E-state index in [9.17, 15) is 0 Å². The van der Waals surface area contributed by atoms with Gasteiger partial charge in [-0.05, 0) is 36.5 Å². The fraction of sp³-hybridized carbons (Fsp3) is 1.00. The molecule has 0 amide bonds. The molecule has 64 valence electrons. The quantitative estimate of drug-likeness (QED) is 0.540. The van der Waals surface area contributed by atoms with Crippen LogP contribution < -0.4 is 0 Å². The van der Waals surface area contributed by atoms with E-state index in [1.165, 1.54) is 25.7 Å². The summed E-state index contributed by atoms with van der Waals surface area (Å²) >= 11 is 0. The highest BCUT2D eigenvalue weighted by molar-refractivity contribution is 5.16. The first-order chi connectivity index (χ1) is 5.31. The molecular formula is C11H20. The van der Waals surface area contributed by atoms with Crippen LogP contribution in [0.15, 0.2) is 0 Å². The SMILES string of the molecule is CCCCCC1C(C)C12CC2. The van der Waals surface area contributed by atoms with Crippen molar-refractivity contribution < 1.29 is 0 Å². The Morgan fingerprint density at radius 3 is 2.45 bits per heavy atom. The van der Waals surface area contributed by atoms with Crippen molar-refractivity contribution in [3.8, 4) is 0 Å². The predicted octanol–water partition coefficient (Wildman–Crippen LogP) is 3.61. The Hall–Kier alpha value is 0. The van der Waals surface area contributed by atoms with Gasteiger partial charge in [-0.15, -0.1) is 0 Å². The van der Waals surface area contributed by atoms with Gasteiger partial charge in [0.25, 0.3) is 0 Å². The van der Waals surface area contributed by atoms with Gasteiger partial charge in [0.05, 0.1) is 0 Å². The molecule has 0 N–H and O–H groups in total. The van der Waals surface area contributed by atoms with Gasteiger partial charge < -0.3 is 0 Å². The lowest BCUT2D eigenvalue weighted by atomic mass is 10.1. The minimum Gasteiger partial charge on any atom is -0.0654 e. The summed E-state index contributed by atoms with van der Waals surface area (Å²) in [5.74, 6) is 2.24. The maximum Gasteiger partial charge on any atom is -0.0237 e. The summed E-state index contributed by atoms with van der Waals surface area (Å²) in [6.45, 7) is 4.76. The summed E-state index contributed by atoms with van der Waals surface area (Å²) in [6, 6.07) is 0. The lowest BCUT2D eigenvalue weighted by Crippen LogP contribution is -1.81. The average molecular weight is 152 g/mol. The van der Waals surface area contributed by atoms with Crippen LogP contribution in [-0.4, -0.2) is 0 Å². The van der Waals surface area contributed by atoms with E-state index >= 15 is 0 Å². The topological polar surface area (TPSA) is 0 Å². The van der Waals surface area contributed by atoms with E-state index in [1.54, 1.807) is 12.8 Å². The Labute approximate surface area is 70.4 Å². The molecule has 2 saturated carbocycles. The summed E-state index contributed by atoms with van der Waals surface area (Å²) in [5.41, 5.74) is 0.924. The minimum absolute atomic E-state index is 0.924. The van der Waals surface area contributed by atoms with Crippen molar-refractivity contribution in [3.63, 3.8) is 0 Å². The van der Waals surface area contributed by atoms with Crippen LogP contribution in [0.3, 0.4) is 0 Å². The summed E-state index contributed by atoms with van der Waals surface area (Å²) in [6.07, 6.45) is 8.99. The maximum atomic E-state index is 2.46. The molecule has 0 aliphatic heterocycles. The molecule has 2 fully saturated rings. The molecule has 2 atom stereocenters. The minimum atomic E-state index is 0.924. The van der Waals surface area contributed by atoms with E-state index in [-0.39, 0.29) is 0 Å². The van der Waals surface area contributed by atoms with Crippen LogP contribution in [0.1, 0.15) is 52.4 Å². The zero-order valence-electron chi connectivity index (χ0n) is 7.90. The first kappa shape index (κ1) is 7.64. The zero-order valence-corrected chi connectivity index (χ0v) is 7.90. The van der Waals surface area contributed by atoms with Crippen LogP contribution in [0.2, 0.25) is 0 Å². The van der Waals surface area contributed by atoms with Crippen LogP contribution in [0, 0.1) is 17.3 Å². The van der Waals surface area contributed by atoms with Gasteiger partial charge in [0.1, 0.15) is 0 Å². The summed E-state index contributed by atoms with van der Waals surface area (Å²) < 4.78 is 0. The van der Waals surface area contributed by atoms with Gasteiger partial charge >= 0.3 is 0 Å². The molecule has 0 radical (unpaired) electrons. The second kappa shape index (κ2) is 2.50. The standard InChI is InChI=1S/C11H20/c1-3-4-5-6-10-9(2)11(10)7-8-11/h9-10H,3-8H2,1-2H3.